The zero-order valence-corrected chi connectivity index (χ0v) is 17.8. The molecule has 8 heteroatoms. The van der Waals surface area contributed by atoms with Gasteiger partial charge in [-0.1, -0.05) is 0 Å². The number of rotatable bonds is 4. The smallest absolute Gasteiger partial charge is 0.134 e. The molecule has 0 unspecified atom stereocenters. The molecular weight excluding hydrogens is 370 g/mol. The highest BCUT2D eigenvalue weighted by molar-refractivity contribution is 7.99. The average molecular weight is 400 g/mol. The molecule has 0 aliphatic carbocycles. The zero-order valence-electron chi connectivity index (χ0n) is 17.0. The molecule has 4 heterocycles. The first kappa shape index (κ1) is 19.2. The van der Waals surface area contributed by atoms with E-state index in [2.05, 4.69) is 53.8 Å². The van der Waals surface area contributed by atoms with Crippen molar-refractivity contribution in [1.82, 2.24) is 19.9 Å². The van der Waals surface area contributed by atoms with Crippen molar-refractivity contribution in [1.29, 1.82) is 0 Å². The van der Waals surface area contributed by atoms with E-state index < -0.39 is 0 Å². The Morgan fingerprint density at radius 1 is 0.929 bits per heavy atom. The van der Waals surface area contributed by atoms with Crippen LogP contribution in [0.2, 0.25) is 0 Å². The number of thioether (sulfide) groups is 1. The molecule has 4 rings (SSSR count). The summed E-state index contributed by atoms with van der Waals surface area (Å²) in [4.78, 5) is 25.2. The number of anilines is 3. The van der Waals surface area contributed by atoms with E-state index >= 15 is 0 Å². The lowest BCUT2D eigenvalue weighted by Crippen LogP contribution is -2.44. The van der Waals surface area contributed by atoms with Crippen LogP contribution >= 0.6 is 11.8 Å². The molecule has 0 aromatic carbocycles. The Kier molecular flexibility index (Phi) is 5.85. The summed E-state index contributed by atoms with van der Waals surface area (Å²) in [5.74, 6) is 6.33. The number of hydrogen-bond acceptors (Lipinski definition) is 8. The lowest BCUT2D eigenvalue weighted by molar-refractivity contribution is 0.477. The van der Waals surface area contributed by atoms with Gasteiger partial charge >= 0.3 is 0 Å². The minimum absolute atomic E-state index is 0.486. The van der Waals surface area contributed by atoms with Crippen LogP contribution in [0.3, 0.4) is 0 Å². The molecule has 0 atom stereocenters. The van der Waals surface area contributed by atoms with Crippen molar-refractivity contribution in [3.05, 3.63) is 30.0 Å². The van der Waals surface area contributed by atoms with E-state index in [9.17, 15) is 0 Å². The molecule has 0 amide bonds. The fraction of sp³-hybridized carbons (Fsp3) is 0.600. The lowest BCUT2D eigenvalue weighted by Gasteiger charge is -2.38. The van der Waals surface area contributed by atoms with E-state index in [-0.39, 0.29) is 0 Å². The number of hydrogen-bond donors (Lipinski definition) is 0. The summed E-state index contributed by atoms with van der Waals surface area (Å²) >= 11 is 2.02. The van der Waals surface area contributed by atoms with E-state index in [1.54, 1.807) is 6.33 Å². The number of nitrogens with zero attached hydrogens (tertiary/aromatic N) is 7. The van der Waals surface area contributed by atoms with Crippen LogP contribution in [0.25, 0.3) is 0 Å². The van der Waals surface area contributed by atoms with E-state index in [0.717, 1.165) is 68.0 Å². The van der Waals surface area contributed by atoms with Gasteiger partial charge in [0.05, 0.1) is 0 Å². The molecule has 0 radical (unpaired) electrons. The van der Waals surface area contributed by atoms with Crippen molar-refractivity contribution in [3.8, 4) is 0 Å². The highest BCUT2D eigenvalue weighted by Gasteiger charge is 2.25. The zero-order chi connectivity index (χ0) is 19.5. The Morgan fingerprint density at radius 3 is 2.36 bits per heavy atom. The normalized spacial score (nSPS) is 18.4. The Bertz CT molecular complexity index is 781. The van der Waals surface area contributed by atoms with Gasteiger partial charge in [-0.3, -0.25) is 0 Å². The van der Waals surface area contributed by atoms with Crippen LogP contribution in [-0.4, -0.2) is 70.7 Å². The molecule has 0 bridgehead atoms. The number of aryl methyl sites for hydroxylation is 2. The molecule has 28 heavy (non-hydrogen) atoms. The minimum Gasteiger partial charge on any atom is -0.356 e. The molecule has 0 N–H and O–H groups in total. The van der Waals surface area contributed by atoms with Crippen LogP contribution in [0, 0.1) is 13.8 Å². The predicted octanol–water partition coefficient (Wildman–Crippen LogP) is 2.54. The van der Waals surface area contributed by atoms with Gasteiger partial charge in [0.25, 0.3) is 0 Å². The summed E-state index contributed by atoms with van der Waals surface area (Å²) in [6, 6.07) is 4.73. The molecule has 7 nitrogen and oxygen atoms in total. The summed E-state index contributed by atoms with van der Waals surface area (Å²) in [5.41, 5.74) is 1.03. The average Bonchev–Trinajstić information content (AvgIpc) is 2.73. The van der Waals surface area contributed by atoms with Gasteiger partial charge in [0.2, 0.25) is 0 Å². The molecular formula is C20H29N7S. The Hall–Kier alpha value is -2.09. The van der Waals surface area contributed by atoms with Gasteiger partial charge in [-0.15, -0.1) is 0 Å². The SMILES string of the molecule is Cc1cc(N2CCC(N(C)c3cc(N4CCSCC4)ncn3)CC2)nc(C)n1. The molecule has 2 aliphatic heterocycles. The van der Waals surface area contributed by atoms with Gasteiger partial charge in [-0.25, -0.2) is 19.9 Å². The van der Waals surface area contributed by atoms with Crippen molar-refractivity contribution in [2.45, 2.75) is 32.7 Å². The van der Waals surface area contributed by atoms with Crippen molar-refractivity contribution < 1.29 is 0 Å². The first-order valence-electron chi connectivity index (χ1n) is 10.0. The summed E-state index contributed by atoms with van der Waals surface area (Å²) in [6.45, 7) is 8.15. The highest BCUT2D eigenvalue weighted by atomic mass is 32.2. The van der Waals surface area contributed by atoms with Crippen LogP contribution in [-0.2, 0) is 0 Å². The maximum atomic E-state index is 4.62. The topological polar surface area (TPSA) is 61.3 Å². The summed E-state index contributed by atoms with van der Waals surface area (Å²) in [7, 11) is 2.16. The van der Waals surface area contributed by atoms with E-state index in [1.807, 2.05) is 25.6 Å². The lowest BCUT2D eigenvalue weighted by atomic mass is 10.0. The van der Waals surface area contributed by atoms with Crippen molar-refractivity contribution in [2.24, 2.45) is 0 Å². The van der Waals surface area contributed by atoms with Crippen LogP contribution in [0.1, 0.15) is 24.4 Å². The van der Waals surface area contributed by atoms with Crippen LogP contribution in [0.4, 0.5) is 17.5 Å². The fourth-order valence-electron chi connectivity index (χ4n) is 4.02. The second-order valence-electron chi connectivity index (χ2n) is 7.58. The molecule has 150 valence electrons. The molecule has 2 aliphatic rings. The molecule has 2 fully saturated rings. The monoisotopic (exact) mass is 399 g/mol. The summed E-state index contributed by atoms with van der Waals surface area (Å²) < 4.78 is 0. The Balaban J connectivity index is 1.40. The minimum atomic E-state index is 0.486. The number of aromatic nitrogens is 4. The molecule has 2 saturated heterocycles. The third-order valence-corrected chi connectivity index (χ3v) is 6.57. The van der Waals surface area contributed by atoms with Gasteiger partial charge in [0.1, 0.15) is 29.6 Å². The van der Waals surface area contributed by atoms with Gasteiger partial charge in [0.15, 0.2) is 0 Å². The highest BCUT2D eigenvalue weighted by Crippen LogP contribution is 2.26. The molecule has 0 spiro atoms. The van der Waals surface area contributed by atoms with Gasteiger partial charge < -0.3 is 14.7 Å². The first-order chi connectivity index (χ1) is 13.6. The maximum Gasteiger partial charge on any atom is 0.134 e. The molecule has 2 aromatic heterocycles. The van der Waals surface area contributed by atoms with Gasteiger partial charge in [0, 0.05) is 68.6 Å². The summed E-state index contributed by atoms with van der Waals surface area (Å²) in [6.07, 6.45) is 3.90. The standard InChI is InChI=1S/C20H29N7S/c1-15-12-20(24-16(2)23-15)26-6-4-17(5-7-26)25(3)18-13-19(22-14-21-18)27-8-10-28-11-9-27/h12-14,17H,4-11H2,1-3H3. The maximum absolute atomic E-state index is 4.62. The molecule has 0 saturated carbocycles. The first-order valence-corrected chi connectivity index (χ1v) is 11.2. The predicted molar refractivity (Wildman–Crippen MR) is 117 cm³/mol. The largest absolute Gasteiger partial charge is 0.356 e. The van der Waals surface area contributed by atoms with E-state index in [1.165, 1.54) is 11.5 Å². The third kappa shape index (κ3) is 4.32. The molecule has 2 aromatic rings. The summed E-state index contributed by atoms with van der Waals surface area (Å²) in [5, 5.41) is 0. The van der Waals surface area contributed by atoms with E-state index in [4.69, 9.17) is 0 Å². The van der Waals surface area contributed by atoms with Crippen LogP contribution in [0.15, 0.2) is 18.5 Å². The van der Waals surface area contributed by atoms with Crippen molar-refractivity contribution in [3.63, 3.8) is 0 Å². The van der Waals surface area contributed by atoms with Gasteiger partial charge in [-0.05, 0) is 26.7 Å². The second kappa shape index (κ2) is 8.51. The second-order valence-corrected chi connectivity index (χ2v) is 8.80. The quantitative estimate of drug-likeness (QED) is 0.777. The van der Waals surface area contributed by atoms with Crippen LogP contribution < -0.4 is 14.7 Å². The third-order valence-electron chi connectivity index (χ3n) is 5.62. The fourth-order valence-corrected chi connectivity index (χ4v) is 4.93. The number of piperidine rings is 1. The Labute approximate surface area is 171 Å². The van der Waals surface area contributed by atoms with E-state index in [0.29, 0.717) is 6.04 Å². The Morgan fingerprint density at radius 2 is 1.64 bits per heavy atom. The van der Waals surface area contributed by atoms with Crippen molar-refractivity contribution >= 4 is 29.2 Å². The van der Waals surface area contributed by atoms with Crippen LogP contribution in [0.5, 0.6) is 0 Å². The van der Waals surface area contributed by atoms with Crippen molar-refractivity contribution in [2.75, 3.05) is 59.4 Å². The van der Waals surface area contributed by atoms with Gasteiger partial charge in [-0.2, -0.15) is 11.8 Å².